The number of nitrogens with zero attached hydrogens (tertiary/aromatic N) is 2. The Hall–Kier alpha value is -3.09. The van der Waals surface area contributed by atoms with E-state index in [1.54, 1.807) is 62.5 Å². The van der Waals surface area contributed by atoms with Gasteiger partial charge in [-0.25, -0.2) is 13.9 Å². The highest BCUT2D eigenvalue weighted by Gasteiger charge is 2.16. The van der Waals surface area contributed by atoms with Gasteiger partial charge in [-0.3, -0.25) is 0 Å². The van der Waals surface area contributed by atoms with Crippen LogP contribution in [0.4, 0.5) is 9.18 Å². The standard InChI is InChI=1S/C19H20FN3O3/c1-19(2,3)26-18(24)21-9-13-6-14(8-16(20)7-13)15-10-22-23(11-15)17-4-5-25-12-17/h4-8,10-12H,9H2,1-3H3,(H,21,24). The van der Waals surface area contributed by atoms with Gasteiger partial charge in [0.15, 0.2) is 0 Å². The molecule has 6 nitrogen and oxygen atoms in total. The van der Waals surface area contributed by atoms with E-state index >= 15 is 0 Å². The third-order valence-corrected chi connectivity index (χ3v) is 3.48. The molecule has 2 heterocycles. The second-order valence-corrected chi connectivity index (χ2v) is 6.86. The third kappa shape index (κ3) is 4.50. The molecule has 0 atom stereocenters. The first-order chi connectivity index (χ1) is 12.3. The molecule has 3 rings (SSSR count). The summed E-state index contributed by atoms with van der Waals surface area (Å²) < 4.78 is 25.9. The summed E-state index contributed by atoms with van der Waals surface area (Å²) >= 11 is 0. The molecule has 0 radical (unpaired) electrons. The Morgan fingerprint density at radius 1 is 1.31 bits per heavy atom. The lowest BCUT2D eigenvalue weighted by molar-refractivity contribution is 0.0523. The summed E-state index contributed by atoms with van der Waals surface area (Å²) in [6, 6.07) is 6.38. The average Bonchev–Trinajstić information content (AvgIpc) is 3.21. The Kier molecular flexibility index (Phi) is 4.79. The van der Waals surface area contributed by atoms with Crippen molar-refractivity contribution in [1.29, 1.82) is 0 Å². The van der Waals surface area contributed by atoms with E-state index in [9.17, 15) is 9.18 Å². The molecule has 0 saturated carbocycles. The van der Waals surface area contributed by atoms with Crippen LogP contribution in [0.2, 0.25) is 0 Å². The summed E-state index contributed by atoms with van der Waals surface area (Å²) in [6.45, 7) is 5.51. The number of benzene rings is 1. The van der Waals surface area contributed by atoms with Gasteiger partial charge < -0.3 is 14.5 Å². The first-order valence-corrected chi connectivity index (χ1v) is 8.14. The molecule has 0 unspecified atom stereocenters. The maximum absolute atomic E-state index is 14.0. The second-order valence-electron chi connectivity index (χ2n) is 6.86. The zero-order valence-corrected chi connectivity index (χ0v) is 14.8. The first kappa shape index (κ1) is 17.7. The van der Waals surface area contributed by atoms with Crippen LogP contribution in [0.5, 0.6) is 0 Å². The van der Waals surface area contributed by atoms with Crippen molar-refractivity contribution in [2.24, 2.45) is 0 Å². The van der Waals surface area contributed by atoms with Crippen LogP contribution in [-0.2, 0) is 11.3 Å². The van der Waals surface area contributed by atoms with Gasteiger partial charge in [-0.2, -0.15) is 5.10 Å². The van der Waals surface area contributed by atoms with Crippen LogP contribution in [-0.4, -0.2) is 21.5 Å². The molecule has 1 amide bonds. The number of carbonyl (C=O) groups is 1. The van der Waals surface area contributed by atoms with Gasteiger partial charge in [-0.1, -0.05) is 0 Å². The van der Waals surface area contributed by atoms with Gasteiger partial charge in [-0.15, -0.1) is 0 Å². The molecule has 7 heteroatoms. The van der Waals surface area contributed by atoms with E-state index < -0.39 is 11.7 Å². The van der Waals surface area contributed by atoms with Crippen molar-refractivity contribution < 1.29 is 18.3 Å². The van der Waals surface area contributed by atoms with Crippen molar-refractivity contribution in [2.45, 2.75) is 32.9 Å². The lowest BCUT2D eigenvalue weighted by Gasteiger charge is -2.19. The fourth-order valence-electron chi connectivity index (χ4n) is 2.41. The van der Waals surface area contributed by atoms with E-state index in [-0.39, 0.29) is 12.4 Å². The lowest BCUT2D eigenvalue weighted by Crippen LogP contribution is -2.32. The topological polar surface area (TPSA) is 69.3 Å². The van der Waals surface area contributed by atoms with Gasteiger partial charge in [0.1, 0.15) is 23.4 Å². The number of alkyl carbamates (subject to hydrolysis) is 1. The van der Waals surface area contributed by atoms with Crippen molar-refractivity contribution >= 4 is 6.09 Å². The van der Waals surface area contributed by atoms with Gasteiger partial charge in [-0.05, 0) is 50.1 Å². The van der Waals surface area contributed by atoms with Crippen LogP contribution >= 0.6 is 0 Å². The Morgan fingerprint density at radius 3 is 2.81 bits per heavy atom. The molecule has 0 aliphatic carbocycles. The number of aromatic nitrogens is 2. The number of hydrogen-bond donors (Lipinski definition) is 1. The highest BCUT2D eigenvalue weighted by atomic mass is 19.1. The van der Waals surface area contributed by atoms with E-state index in [2.05, 4.69) is 10.4 Å². The Morgan fingerprint density at radius 2 is 2.12 bits per heavy atom. The van der Waals surface area contributed by atoms with Crippen LogP contribution in [0.3, 0.4) is 0 Å². The summed E-state index contributed by atoms with van der Waals surface area (Å²) in [5.41, 5.74) is 2.24. The zero-order valence-electron chi connectivity index (χ0n) is 14.8. The molecular weight excluding hydrogens is 337 g/mol. The van der Waals surface area contributed by atoms with Gasteiger partial charge in [0.2, 0.25) is 0 Å². The minimum absolute atomic E-state index is 0.162. The molecule has 0 bridgehead atoms. The molecular formula is C19H20FN3O3. The van der Waals surface area contributed by atoms with Gasteiger partial charge >= 0.3 is 6.09 Å². The number of carbonyl (C=O) groups excluding carboxylic acids is 1. The predicted molar refractivity (Wildman–Crippen MR) is 94.3 cm³/mol. The molecule has 26 heavy (non-hydrogen) atoms. The van der Waals surface area contributed by atoms with E-state index in [1.165, 1.54) is 12.1 Å². The number of amides is 1. The molecule has 1 N–H and O–H groups in total. The smallest absolute Gasteiger partial charge is 0.407 e. The molecule has 0 fully saturated rings. The Bertz CT molecular complexity index is 895. The zero-order chi connectivity index (χ0) is 18.7. The summed E-state index contributed by atoms with van der Waals surface area (Å²) in [5.74, 6) is -0.389. The monoisotopic (exact) mass is 357 g/mol. The van der Waals surface area contributed by atoms with Crippen molar-refractivity contribution in [3.63, 3.8) is 0 Å². The quantitative estimate of drug-likeness (QED) is 0.756. The molecule has 0 aliphatic heterocycles. The fraction of sp³-hybridized carbons (Fsp3) is 0.263. The van der Waals surface area contributed by atoms with Gasteiger partial charge in [0.25, 0.3) is 0 Å². The number of rotatable bonds is 4. The lowest BCUT2D eigenvalue weighted by atomic mass is 10.1. The van der Waals surface area contributed by atoms with Crippen molar-refractivity contribution in [1.82, 2.24) is 15.1 Å². The number of furan rings is 1. The highest BCUT2D eigenvalue weighted by Crippen LogP contribution is 2.23. The molecule has 3 aromatic rings. The maximum Gasteiger partial charge on any atom is 0.407 e. The normalized spacial score (nSPS) is 11.4. The number of nitrogens with one attached hydrogen (secondary N) is 1. The Balaban J connectivity index is 1.75. The summed E-state index contributed by atoms with van der Waals surface area (Å²) in [5, 5.41) is 6.88. The highest BCUT2D eigenvalue weighted by molar-refractivity contribution is 5.68. The minimum atomic E-state index is -0.584. The van der Waals surface area contributed by atoms with E-state index in [0.717, 1.165) is 11.3 Å². The van der Waals surface area contributed by atoms with Crippen molar-refractivity contribution in [2.75, 3.05) is 0 Å². The average molecular weight is 357 g/mol. The van der Waals surface area contributed by atoms with Crippen LogP contribution < -0.4 is 5.32 Å². The number of hydrogen-bond acceptors (Lipinski definition) is 4. The van der Waals surface area contributed by atoms with Gasteiger partial charge in [0, 0.05) is 24.4 Å². The first-order valence-electron chi connectivity index (χ1n) is 8.14. The number of ether oxygens (including phenoxy) is 1. The Labute approximate surface area is 150 Å². The van der Waals surface area contributed by atoms with Crippen LogP contribution in [0.1, 0.15) is 26.3 Å². The minimum Gasteiger partial charge on any atom is -0.470 e. The molecule has 0 spiro atoms. The van der Waals surface area contributed by atoms with Gasteiger partial charge in [0.05, 0.1) is 12.5 Å². The maximum atomic E-state index is 14.0. The molecule has 0 aliphatic rings. The molecule has 2 aromatic heterocycles. The largest absolute Gasteiger partial charge is 0.470 e. The van der Waals surface area contributed by atoms with E-state index in [0.29, 0.717) is 11.1 Å². The molecule has 1 aromatic carbocycles. The second kappa shape index (κ2) is 7.03. The van der Waals surface area contributed by atoms with Crippen LogP contribution in [0.25, 0.3) is 16.8 Å². The summed E-state index contributed by atoms with van der Waals surface area (Å²) in [4.78, 5) is 11.8. The fourth-order valence-corrected chi connectivity index (χ4v) is 2.41. The number of halogens is 1. The SMILES string of the molecule is CC(C)(C)OC(=O)NCc1cc(F)cc(-c2cnn(-c3ccoc3)c2)c1. The predicted octanol–water partition coefficient (Wildman–Crippen LogP) is 4.30. The third-order valence-electron chi connectivity index (χ3n) is 3.48. The summed E-state index contributed by atoms with van der Waals surface area (Å²) in [7, 11) is 0. The van der Waals surface area contributed by atoms with Crippen molar-refractivity contribution in [3.8, 4) is 16.8 Å². The van der Waals surface area contributed by atoms with E-state index in [4.69, 9.17) is 9.15 Å². The molecule has 136 valence electrons. The van der Waals surface area contributed by atoms with Crippen LogP contribution in [0, 0.1) is 5.82 Å². The molecule has 0 saturated heterocycles. The summed E-state index contributed by atoms with van der Waals surface area (Å²) in [6.07, 6.45) is 6.01. The van der Waals surface area contributed by atoms with Crippen molar-refractivity contribution in [3.05, 3.63) is 60.6 Å². The van der Waals surface area contributed by atoms with E-state index in [1.807, 2.05) is 0 Å². The van der Waals surface area contributed by atoms with Crippen LogP contribution in [0.15, 0.2) is 53.6 Å².